The number of aliphatic hydroxyl groups is 1. The Bertz CT molecular complexity index is 672. The summed E-state index contributed by atoms with van der Waals surface area (Å²) in [6.07, 6.45) is -0.943. The summed E-state index contributed by atoms with van der Waals surface area (Å²) in [6, 6.07) is 2.17. The van der Waals surface area contributed by atoms with Crippen molar-refractivity contribution in [1.82, 2.24) is 4.72 Å². The number of rotatable bonds is 5. The molecule has 0 aliphatic heterocycles. The number of aromatic carboxylic acids is 1. The summed E-state index contributed by atoms with van der Waals surface area (Å²) in [5.74, 6) is -1.34. The van der Waals surface area contributed by atoms with E-state index in [-0.39, 0.29) is 20.0 Å². The molecule has 3 N–H and O–H groups in total. The number of hydrogen-bond donors (Lipinski definition) is 3. The van der Waals surface area contributed by atoms with E-state index in [4.69, 9.17) is 16.7 Å². The van der Waals surface area contributed by atoms with Gasteiger partial charge in [0.05, 0.1) is 27.1 Å². The van der Waals surface area contributed by atoms with Gasteiger partial charge in [0.15, 0.2) is 0 Å². The first-order valence-corrected chi connectivity index (χ1v) is 8.48. The predicted molar refractivity (Wildman–Crippen MR) is 82.2 cm³/mol. The topological polar surface area (TPSA) is 104 Å². The summed E-state index contributed by atoms with van der Waals surface area (Å²) in [5, 5.41) is 18.5. The Kier molecular flexibility index (Phi) is 5.44. The highest BCUT2D eigenvalue weighted by Gasteiger charge is 2.31. The first-order valence-electron chi connectivity index (χ1n) is 5.83. The lowest BCUT2D eigenvalue weighted by Gasteiger charge is -2.29. The van der Waals surface area contributed by atoms with Gasteiger partial charge in [-0.1, -0.05) is 11.6 Å². The van der Waals surface area contributed by atoms with Crippen LogP contribution in [0.25, 0.3) is 0 Å². The lowest BCUT2D eigenvalue weighted by atomic mass is 10.0. The van der Waals surface area contributed by atoms with Crippen molar-refractivity contribution < 1.29 is 23.4 Å². The van der Waals surface area contributed by atoms with Crippen molar-refractivity contribution in [2.24, 2.45) is 0 Å². The van der Waals surface area contributed by atoms with Crippen molar-refractivity contribution in [1.29, 1.82) is 0 Å². The number of benzene rings is 1. The highest BCUT2D eigenvalue weighted by Crippen LogP contribution is 2.30. The van der Waals surface area contributed by atoms with E-state index >= 15 is 0 Å². The molecule has 0 heterocycles. The van der Waals surface area contributed by atoms with Crippen LogP contribution in [0.5, 0.6) is 0 Å². The zero-order valence-corrected chi connectivity index (χ0v) is 14.7. The van der Waals surface area contributed by atoms with Gasteiger partial charge >= 0.3 is 5.97 Å². The van der Waals surface area contributed by atoms with Gasteiger partial charge in [-0.2, -0.15) is 0 Å². The van der Waals surface area contributed by atoms with Crippen molar-refractivity contribution in [3.05, 3.63) is 27.2 Å². The highest BCUT2D eigenvalue weighted by molar-refractivity contribution is 9.10. The van der Waals surface area contributed by atoms with E-state index in [2.05, 4.69) is 20.7 Å². The molecule has 0 aliphatic carbocycles. The van der Waals surface area contributed by atoms with Crippen LogP contribution < -0.4 is 4.72 Å². The number of sulfonamides is 1. The van der Waals surface area contributed by atoms with Crippen LogP contribution in [-0.4, -0.2) is 36.2 Å². The molecule has 1 atom stereocenters. The van der Waals surface area contributed by atoms with E-state index in [0.717, 1.165) is 6.07 Å². The molecule has 9 heteroatoms. The molecule has 0 aliphatic rings. The second-order valence-electron chi connectivity index (χ2n) is 5.07. The molecule has 21 heavy (non-hydrogen) atoms. The number of carbonyl (C=O) groups is 1. The van der Waals surface area contributed by atoms with Gasteiger partial charge in [0.25, 0.3) is 0 Å². The van der Waals surface area contributed by atoms with Gasteiger partial charge in [-0.05, 0) is 48.8 Å². The minimum atomic E-state index is -4.02. The molecule has 0 aromatic heterocycles. The fourth-order valence-electron chi connectivity index (χ4n) is 1.37. The van der Waals surface area contributed by atoms with Gasteiger partial charge in [0.1, 0.15) is 0 Å². The van der Waals surface area contributed by atoms with Gasteiger partial charge in [-0.15, -0.1) is 0 Å². The monoisotopic (exact) mass is 399 g/mol. The van der Waals surface area contributed by atoms with Crippen LogP contribution in [0.15, 0.2) is 21.5 Å². The van der Waals surface area contributed by atoms with Gasteiger partial charge in [0, 0.05) is 4.47 Å². The van der Waals surface area contributed by atoms with Gasteiger partial charge in [-0.25, -0.2) is 17.9 Å². The molecule has 0 amide bonds. The number of nitrogens with one attached hydrogen (secondary N) is 1. The fraction of sp³-hybridized carbons (Fsp3) is 0.417. The molecule has 0 bridgehead atoms. The maximum absolute atomic E-state index is 12.3. The molecule has 0 fully saturated rings. The van der Waals surface area contributed by atoms with Crippen LogP contribution in [0.4, 0.5) is 0 Å². The fourth-order valence-corrected chi connectivity index (χ4v) is 3.69. The number of halogens is 2. The minimum absolute atomic E-state index is 0.0868. The van der Waals surface area contributed by atoms with Crippen LogP contribution in [0.1, 0.15) is 31.1 Å². The normalized spacial score (nSPS) is 14.0. The molecular formula is C12H15BrClNO5S. The summed E-state index contributed by atoms with van der Waals surface area (Å²) in [7, 11) is -4.02. The van der Waals surface area contributed by atoms with Crippen molar-refractivity contribution in [2.45, 2.75) is 37.3 Å². The van der Waals surface area contributed by atoms with E-state index in [1.807, 2.05) is 0 Å². The van der Waals surface area contributed by atoms with Crippen LogP contribution in [-0.2, 0) is 10.0 Å². The van der Waals surface area contributed by atoms with Gasteiger partial charge in [-0.3, -0.25) is 0 Å². The smallest absolute Gasteiger partial charge is 0.337 e. The second kappa shape index (κ2) is 6.21. The molecule has 1 rings (SSSR count). The third-order valence-corrected chi connectivity index (χ3v) is 5.90. The molecular weight excluding hydrogens is 386 g/mol. The highest BCUT2D eigenvalue weighted by atomic mass is 79.9. The number of carboxylic acid groups (broad SMARTS) is 1. The number of aliphatic hydroxyl groups excluding tert-OH is 1. The summed E-state index contributed by atoms with van der Waals surface area (Å²) < 4.78 is 27.1. The van der Waals surface area contributed by atoms with Crippen molar-refractivity contribution in [3.8, 4) is 0 Å². The molecule has 0 saturated heterocycles. The van der Waals surface area contributed by atoms with Crippen LogP contribution in [0.3, 0.4) is 0 Å². The largest absolute Gasteiger partial charge is 0.478 e. The van der Waals surface area contributed by atoms with E-state index in [1.54, 1.807) is 0 Å². The average molecular weight is 401 g/mol. The third kappa shape index (κ3) is 4.17. The van der Waals surface area contributed by atoms with Gasteiger partial charge < -0.3 is 10.2 Å². The lowest BCUT2D eigenvalue weighted by molar-refractivity contribution is 0.0696. The molecule has 118 valence electrons. The molecule has 6 nitrogen and oxygen atoms in total. The lowest BCUT2D eigenvalue weighted by Crippen LogP contribution is -2.50. The molecule has 0 saturated carbocycles. The summed E-state index contributed by atoms with van der Waals surface area (Å²) >= 11 is 8.84. The van der Waals surface area contributed by atoms with E-state index < -0.39 is 27.6 Å². The SMILES string of the molecule is CC(O)C(C)(C)NS(=O)(=O)c1cc(Br)c(Cl)c(C(=O)O)c1. The first kappa shape index (κ1) is 18.4. The van der Waals surface area contributed by atoms with E-state index in [0.29, 0.717) is 0 Å². The standard InChI is InChI=1S/C12H15BrClNO5S/c1-6(16)12(2,3)15-21(19,20)7-4-8(11(17)18)10(14)9(13)5-7/h4-6,15-16H,1-3H3,(H,17,18). The maximum Gasteiger partial charge on any atom is 0.337 e. The van der Waals surface area contributed by atoms with Gasteiger partial charge in [0.2, 0.25) is 10.0 Å². The zero-order chi connectivity index (χ0) is 16.6. The second-order valence-corrected chi connectivity index (χ2v) is 7.99. The first-order chi connectivity index (χ1) is 9.38. The Morgan fingerprint density at radius 2 is 1.95 bits per heavy atom. The van der Waals surface area contributed by atoms with Crippen molar-refractivity contribution in [3.63, 3.8) is 0 Å². The van der Waals surface area contributed by atoms with Crippen molar-refractivity contribution >= 4 is 43.5 Å². The molecule has 1 unspecified atom stereocenters. The molecule has 0 radical (unpaired) electrons. The Morgan fingerprint density at radius 1 is 1.43 bits per heavy atom. The minimum Gasteiger partial charge on any atom is -0.478 e. The van der Waals surface area contributed by atoms with Crippen LogP contribution >= 0.6 is 27.5 Å². The average Bonchev–Trinajstić information content (AvgIpc) is 2.30. The molecule has 1 aromatic carbocycles. The molecule has 0 spiro atoms. The Labute approximate surface area is 136 Å². The summed E-state index contributed by atoms with van der Waals surface area (Å²) in [4.78, 5) is 10.8. The van der Waals surface area contributed by atoms with E-state index in [9.17, 15) is 18.3 Å². The Balaban J connectivity index is 3.37. The van der Waals surface area contributed by atoms with Crippen LogP contribution in [0.2, 0.25) is 5.02 Å². The molecule has 1 aromatic rings. The maximum atomic E-state index is 12.3. The quantitative estimate of drug-likeness (QED) is 0.703. The third-order valence-electron chi connectivity index (χ3n) is 2.98. The van der Waals surface area contributed by atoms with Crippen molar-refractivity contribution in [2.75, 3.05) is 0 Å². The number of carboxylic acids is 1. The summed E-state index contributed by atoms with van der Waals surface area (Å²) in [6.45, 7) is 4.47. The number of hydrogen-bond acceptors (Lipinski definition) is 4. The zero-order valence-electron chi connectivity index (χ0n) is 11.5. The summed E-state index contributed by atoms with van der Waals surface area (Å²) in [5.41, 5.74) is -1.45. The Morgan fingerprint density at radius 3 is 2.38 bits per heavy atom. The predicted octanol–water partition coefficient (Wildman–Crippen LogP) is 2.24. The van der Waals surface area contributed by atoms with E-state index in [1.165, 1.54) is 26.8 Å². The van der Waals surface area contributed by atoms with Crippen LogP contribution in [0, 0.1) is 0 Å². The Hall–Kier alpha value is -0.670.